The smallest absolute Gasteiger partial charge is 0.194 e. The fraction of sp³-hybridized carbons (Fsp3) is 0.600. The average Bonchev–Trinajstić information content (AvgIpc) is 2.59. The van der Waals surface area contributed by atoms with E-state index < -0.39 is 0 Å². The Kier molecular flexibility index (Phi) is 3.71. The highest BCUT2D eigenvalue weighted by Gasteiger charge is 2.03. The van der Waals surface area contributed by atoms with Crippen LogP contribution in [0.15, 0.2) is 16.7 Å². The van der Waals surface area contributed by atoms with Gasteiger partial charge < -0.3 is 9.32 Å². The van der Waals surface area contributed by atoms with E-state index in [1.54, 1.807) is 6.26 Å². The molecule has 2 nitrogen and oxygen atoms in total. The molecule has 0 N–H and O–H groups in total. The molecule has 0 bridgehead atoms. The van der Waals surface area contributed by atoms with Gasteiger partial charge in [-0.25, -0.2) is 0 Å². The summed E-state index contributed by atoms with van der Waals surface area (Å²) in [6.45, 7) is 6.47. The second-order valence-electron chi connectivity index (χ2n) is 2.84. The first kappa shape index (κ1) is 9.17. The van der Waals surface area contributed by atoms with E-state index in [-0.39, 0.29) is 0 Å². The molecular weight excluding hydrogens is 150 g/mol. The van der Waals surface area contributed by atoms with E-state index in [1.165, 1.54) is 12.8 Å². The van der Waals surface area contributed by atoms with Gasteiger partial charge in [0, 0.05) is 19.2 Å². The highest BCUT2D eigenvalue weighted by atomic mass is 16.3. The Labute approximate surface area is 74.2 Å². The van der Waals surface area contributed by atoms with E-state index in [1.807, 2.05) is 6.07 Å². The van der Waals surface area contributed by atoms with Crippen molar-refractivity contribution in [3.63, 3.8) is 0 Å². The Morgan fingerprint density at radius 2 is 2.33 bits per heavy atom. The summed E-state index contributed by atoms with van der Waals surface area (Å²) < 4.78 is 4.91. The maximum absolute atomic E-state index is 4.91. The maximum Gasteiger partial charge on any atom is 0.194 e. The molecule has 0 aliphatic carbocycles. The fourth-order valence-corrected chi connectivity index (χ4v) is 1.19. The summed E-state index contributed by atoms with van der Waals surface area (Å²) in [6.07, 6.45) is 6.98. The van der Waals surface area contributed by atoms with Gasteiger partial charge in [0.1, 0.15) is 0 Å². The van der Waals surface area contributed by atoms with Crippen molar-refractivity contribution in [1.82, 2.24) is 0 Å². The van der Waals surface area contributed by atoms with Crippen LogP contribution in [0, 0.1) is 6.26 Å². The number of unbranched alkanes of at least 4 members (excludes halogenated alkanes) is 1. The molecule has 1 radical (unpaired) electrons. The largest absolute Gasteiger partial charge is 0.459 e. The normalized spacial score (nSPS) is 10.2. The number of nitrogens with zero attached hydrogens (tertiary/aromatic N) is 1. The minimum Gasteiger partial charge on any atom is -0.459 e. The predicted molar refractivity (Wildman–Crippen MR) is 50.3 cm³/mol. The van der Waals surface area contributed by atoms with Crippen LogP contribution in [0.3, 0.4) is 0 Å². The Morgan fingerprint density at radius 1 is 1.50 bits per heavy atom. The number of rotatable bonds is 5. The second kappa shape index (κ2) is 4.86. The molecule has 1 aromatic heterocycles. The van der Waals surface area contributed by atoms with Gasteiger partial charge in [0.15, 0.2) is 6.26 Å². The molecule has 1 aromatic rings. The summed E-state index contributed by atoms with van der Waals surface area (Å²) in [5.74, 6) is 0. The Balaban J connectivity index is 2.45. The van der Waals surface area contributed by atoms with E-state index in [9.17, 15) is 0 Å². The third kappa shape index (κ3) is 2.29. The number of furan rings is 1. The lowest BCUT2D eigenvalue weighted by molar-refractivity contribution is 0.556. The molecule has 1 heterocycles. The highest BCUT2D eigenvalue weighted by Crippen LogP contribution is 2.13. The van der Waals surface area contributed by atoms with E-state index in [4.69, 9.17) is 4.42 Å². The summed E-state index contributed by atoms with van der Waals surface area (Å²) in [5.41, 5.74) is 1.07. The first-order valence-corrected chi connectivity index (χ1v) is 4.58. The van der Waals surface area contributed by atoms with Gasteiger partial charge in [-0.3, -0.25) is 0 Å². The minimum atomic E-state index is 1.02. The zero-order valence-electron chi connectivity index (χ0n) is 7.84. The van der Waals surface area contributed by atoms with E-state index in [2.05, 4.69) is 25.0 Å². The van der Waals surface area contributed by atoms with Crippen LogP contribution in [0.4, 0.5) is 5.69 Å². The van der Waals surface area contributed by atoms with E-state index in [0.717, 1.165) is 18.8 Å². The van der Waals surface area contributed by atoms with Crippen LogP contribution in [0.2, 0.25) is 0 Å². The number of hydrogen-bond donors (Lipinski definition) is 0. The van der Waals surface area contributed by atoms with Crippen LogP contribution in [0.1, 0.15) is 26.7 Å². The summed E-state index contributed by atoms with van der Waals surface area (Å²) in [5, 5.41) is 0. The van der Waals surface area contributed by atoms with Crippen LogP contribution < -0.4 is 4.90 Å². The zero-order valence-corrected chi connectivity index (χ0v) is 7.84. The molecule has 12 heavy (non-hydrogen) atoms. The van der Waals surface area contributed by atoms with Gasteiger partial charge in [0.05, 0.1) is 12.0 Å². The van der Waals surface area contributed by atoms with Crippen LogP contribution in [0.25, 0.3) is 0 Å². The van der Waals surface area contributed by atoms with E-state index >= 15 is 0 Å². The molecule has 1 rings (SSSR count). The van der Waals surface area contributed by atoms with Crippen molar-refractivity contribution in [2.45, 2.75) is 26.7 Å². The lowest BCUT2D eigenvalue weighted by Crippen LogP contribution is -2.23. The van der Waals surface area contributed by atoms with Crippen molar-refractivity contribution < 1.29 is 4.42 Å². The third-order valence-corrected chi connectivity index (χ3v) is 1.96. The molecule has 0 unspecified atom stereocenters. The van der Waals surface area contributed by atoms with Gasteiger partial charge in [-0.05, 0) is 13.3 Å². The zero-order chi connectivity index (χ0) is 8.81. The Bertz CT molecular complexity index is 194. The molecular formula is C10H16NO. The second-order valence-corrected chi connectivity index (χ2v) is 2.84. The first-order chi connectivity index (χ1) is 5.88. The molecule has 2 heteroatoms. The predicted octanol–water partition coefficient (Wildman–Crippen LogP) is 2.71. The highest BCUT2D eigenvalue weighted by molar-refractivity contribution is 5.41. The van der Waals surface area contributed by atoms with Crippen molar-refractivity contribution >= 4 is 5.69 Å². The molecule has 0 aliphatic heterocycles. The van der Waals surface area contributed by atoms with Crippen LogP contribution in [-0.2, 0) is 0 Å². The minimum absolute atomic E-state index is 1.02. The quantitative estimate of drug-likeness (QED) is 0.668. The fourth-order valence-electron chi connectivity index (χ4n) is 1.19. The molecule has 0 amide bonds. The standard InChI is InChI=1S/C10H16NO/c1-3-5-7-11(4-2)10-6-8-12-9-10/h6,8H,3-5,7H2,1-2H3. The molecule has 0 atom stereocenters. The molecule has 0 aromatic carbocycles. The van der Waals surface area contributed by atoms with Gasteiger partial charge >= 0.3 is 0 Å². The van der Waals surface area contributed by atoms with Crippen LogP contribution in [0.5, 0.6) is 0 Å². The van der Waals surface area contributed by atoms with Gasteiger partial charge in [0.25, 0.3) is 0 Å². The molecule has 0 fully saturated rings. The molecule has 0 aliphatic rings. The van der Waals surface area contributed by atoms with Crippen molar-refractivity contribution in [3.05, 3.63) is 18.6 Å². The van der Waals surface area contributed by atoms with Crippen LogP contribution in [-0.4, -0.2) is 13.1 Å². The van der Waals surface area contributed by atoms with Gasteiger partial charge in [-0.1, -0.05) is 13.3 Å². The first-order valence-electron chi connectivity index (χ1n) is 4.58. The maximum atomic E-state index is 4.91. The van der Waals surface area contributed by atoms with Gasteiger partial charge in [0.2, 0.25) is 0 Å². The Morgan fingerprint density at radius 3 is 2.83 bits per heavy atom. The van der Waals surface area contributed by atoms with E-state index in [0.29, 0.717) is 0 Å². The van der Waals surface area contributed by atoms with Gasteiger partial charge in [-0.15, -0.1) is 0 Å². The molecule has 0 spiro atoms. The van der Waals surface area contributed by atoms with Crippen molar-refractivity contribution in [2.24, 2.45) is 0 Å². The molecule has 67 valence electrons. The SMILES string of the molecule is CCCCN(CC)c1[c]occ1. The summed E-state index contributed by atoms with van der Waals surface area (Å²) in [6, 6.07) is 1.96. The summed E-state index contributed by atoms with van der Waals surface area (Å²) in [4.78, 5) is 2.27. The van der Waals surface area contributed by atoms with Crippen molar-refractivity contribution in [2.75, 3.05) is 18.0 Å². The number of anilines is 1. The average molecular weight is 166 g/mol. The summed E-state index contributed by atoms with van der Waals surface area (Å²) >= 11 is 0. The lowest BCUT2D eigenvalue weighted by Gasteiger charge is -2.19. The molecule has 0 saturated heterocycles. The van der Waals surface area contributed by atoms with Gasteiger partial charge in [-0.2, -0.15) is 0 Å². The lowest BCUT2D eigenvalue weighted by atomic mass is 10.3. The van der Waals surface area contributed by atoms with Crippen LogP contribution >= 0.6 is 0 Å². The third-order valence-electron chi connectivity index (χ3n) is 1.96. The summed E-state index contributed by atoms with van der Waals surface area (Å²) in [7, 11) is 0. The molecule has 0 saturated carbocycles. The number of hydrogen-bond acceptors (Lipinski definition) is 2. The van der Waals surface area contributed by atoms with Crippen molar-refractivity contribution in [3.8, 4) is 0 Å². The monoisotopic (exact) mass is 166 g/mol. The topological polar surface area (TPSA) is 16.4 Å². The Hall–Kier alpha value is -0.920. The van der Waals surface area contributed by atoms with Crippen molar-refractivity contribution in [1.29, 1.82) is 0 Å².